The second kappa shape index (κ2) is 9.40. The van der Waals surface area contributed by atoms with Crippen LogP contribution < -0.4 is 19.7 Å². The van der Waals surface area contributed by atoms with Crippen LogP contribution in [0.2, 0.25) is 0 Å². The Labute approximate surface area is 191 Å². The molecular formula is C24H25N3O4S. The lowest BCUT2D eigenvalue weighted by atomic mass is 9.95. The van der Waals surface area contributed by atoms with E-state index in [0.717, 1.165) is 31.2 Å². The van der Waals surface area contributed by atoms with Crippen LogP contribution in [-0.4, -0.2) is 38.1 Å². The number of amides is 2. The minimum absolute atomic E-state index is 0.168. The number of pyridine rings is 1. The van der Waals surface area contributed by atoms with Gasteiger partial charge in [0.2, 0.25) is 0 Å². The summed E-state index contributed by atoms with van der Waals surface area (Å²) in [6.07, 6.45) is 7.00. The molecule has 0 spiro atoms. The SMILES string of the molecule is COc1ccc(N(C)C(=O)c2c(NC(=O)c3cccnc3)sc3c2CCCC3)cc1OC. The molecule has 1 aromatic carbocycles. The lowest BCUT2D eigenvalue weighted by molar-refractivity contribution is 0.0993. The first kappa shape index (κ1) is 21.8. The van der Waals surface area contributed by atoms with Gasteiger partial charge in [-0.25, -0.2) is 0 Å². The van der Waals surface area contributed by atoms with Crippen molar-refractivity contribution in [3.05, 3.63) is 64.3 Å². The maximum Gasteiger partial charge on any atom is 0.261 e. The topological polar surface area (TPSA) is 80.8 Å². The molecule has 0 atom stereocenters. The van der Waals surface area contributed by atoms with Gasteiger partial charge in [-0.15, -0.1) is 11.3 Å². The molecule has 2 heterocycles. The maximum absolute atomic E-state index is 13.7. The number of nitrogens with one attached hydrogen (secondary N) is 1. The van der Waals surface area contributed by atoms with Crippen LogP contribution in [-0.2, 0) is 12.8 Å². The zero-order valence-corrected chi connectivity index (χ0v) is 19.1. The third kappa shape index (κ3) is 4.18. The number of aromatic nitrogens is 1. The molecule has 4 rings (SSSR count). The molecule has 1 N–H and O–H groups in total. The van der Waals surface area contributed by atoms with Gasteiger partial charge >= 0.3 is 0 Å². The molecule has 0 saturated carbocycles. The summed E-state index contributed by atoms with van der Waals surface area (Å²) in [6, 6.07) is 8.76. The fraction of sp³-hybridized carbons (Fsp3) is 0.292. The van der Waals surface area contributed by atoms with Gasteiger partial charge in [-0.3, -0.25) is 14.6 Å². The Morgan fingerprint density at radius 1 is 1.09 bits per heavy atom. The van der Waals surface area contributed by atoms with E-state index in [9.17, 15) is 9.59 Å². The van der Waals surface area contributed by atoms with Gasteiger partial charge in [-0.1, -0.05) is 0 Å². The molecule has 166 valence electrons. The number of benzene rings is 1. The van der Waals surface area contributed by atoms with Gasteiger partial charge < -0.3 is 19.7 Å². The summed E-state index contributed by atoms with van der Waals surface area (Å²) in [4.78, 5) is 33.2. The Morgan fingerprint density at radius 3 is 2.59 bits per heavy atom. The van der Waals surface area contributed by atoms with Crippen LogP contribution in [0.3, 0.4) is 0 Å². The number of nitrogens with zero attached hydrogens (tertiary/aromatic N) is 2. The Kier molecular flexibility index (Phi) is 6.41. The Hall–Kier alpha value is -3.39. The van der Waals surface area contributed by atoms with Crippen molar-refractivity contribution < 1.29 is 19.1 Å². The summed E-state index contributed by atoms with van der Waals surface area (Å²) < 4.78 is 10.7. The van der Waals surface area contributed by atoms with Crippen LogP contribution in [0.25, 0.3) is 0 Å². The van der Waals surface area contributed by atoms with Crippen molar-refractivity contribution in [3.8, 4) is 11.5 Å². The normalized spacial score (nSPS) is 12.6. The molecule has 0 bridgehead atoms. The van der Waals surface area contributed by atoms with E-state index in [2.05, 4.69) is 10.3 Å². The van der Waals surface area contributed by atoms with Crippen molar-refractivity contribution >= 4 is 33.8 Å². The molecule has 1 aliphatic rings. The highest BCUT2D eigenvalue weighted by Crippen LogP contribution is 2.40. The van der Waals surface area contributed by atoms with Crippen molar-refractivity contribution in [1.29, 1.82) is 0 Å². The summed E-state index contributed by atoms with van der Waals surface area (Å²) >= 11 is 1.50. The molecule has 8 heteroatoms. The molecule has 7 nitrogen and oxygen atoms in total. The number of aryl methyl sites for hydroxylation is 1. The number of rotatable bonds is 6. The Balaban J connectivity index is 1.69. The van der Waals surface area contributed by atoms with Crippen LogP contribution in [0.4, 0.5) is 10.7 Å². The van der Waals surface area contributed by atoms with Crippen LogP contribution in [0, 0.1) is 0 Å². The molecular weight excluding hydrogens is 426 g/mol. The quantitative estimate of drug-likeness (QED) is 0.594. The molecule has 0 saturated heterocycles. The molecule has 0 fully saturated rings. The van der Waals surface area contributed by atoms with E-state index in [1.165, 1.54) is 22.4 Å². The van der Waals surface area contributed by atoms with Gasteiger partial charge in [0.05, 0.1) is 25.3 Å². The summed E-state index contributed by atoms with van der Waals surface area (Å²) in [5.74, 6) is 0.689. The van der Waals surface area contributed by atoms with Crippen LogP contribution >= 0.6 is 11.3 Å². The summed E-state index contributed by atoms with van der Waals surface area (Å²) in [5, 5.41) is 3.55. The number of anilines is 2. The van der Waals surface area contributed by atoms with Crippen molar-refractivity contribution in [2.24, 2.45) is 0 Å². The van der Waals surface area contributed by atoms with Crippen molar-refractivity contribution in [2.75, 3.05) is 31.5 Å². The van der Waals surface area contributed by atoms with Crippen molar-refractivity contribution in [1.82, 2.24) is 4.98 Å². The number of carbonyl (C=O) groups is 2. The minimum Gasteiger partial charge on any atom is -0.493 e. The molecule has 0 unspecified atom stereocenters. The zero-order valence-electron chi connectivity index (χ0n) is 18.3. The van der Waals surface area contributed by atoms with E-state index in [1.54, 1.807) is 56.6 Å². The van der Waals surface area contributed by atoms with Gasteiger partial charge in [-0.2, -0.15) is 0 Å². The molecule has 0 aliphatic heterocycles. The monoisotopic (exact) mass is 451 g/mol. The highest BCUT2D eigenvalue weighted by molar-refractivity contribution is 7.17. The van der Waals surface area contributed by atoms with Gasteiger partial charge in [0, 0.05) is 36.1 Å². The number of fused-ring (bicyclic) bond motifs is 1. The van der Waals surface area contributed by atoms with Crippen molar-refractivity contribution in [2.45, 2.75) is 25.7 Å². The summed E-state index contributed by atoms with van der Waals surface area (Å²) in [6.45, 7) is 0. The number of hydrogen-bond acceptors (Lipinski definition) is 6. The molecule has 1 aliphatic carbocycles. The third-order valence-electron chi connectivity index (χ3n) is 5.60. The third-order valence-corrected chi connectivity index (χ3v) is 6.80. The molecule has 2 aromatic heterocycles. The van der Waals surface area contributed by atoms with E-state index in [0.29, 0.717) is 33.3 Å². The fourth-order valence-corrected chi connectivity index (χ4v) is 5.15. The van der Waals surface area contributed by atoms with Crippen LogP contribution in [0.1, 0.15) is 44.0 Å². The molecule has 3 aromatic rings. The Bertz CT molecular complexity index is 1140. The molecule has 32 heavy (non-hydrogen) atoms. The average molecular weight is 452 g/mol. The first-order chi connectivity index (χ1) is 15.5. The fourth-order valence-electron chi connectivity index (χ4n) is 3.87. The Morgan fingerprint density at radius 2 is 1.88 bits per heavy atom. The number of carbonyl (C=O) groups excluding carboxylic acids is 2. The van der Waals surface area contributed by atoms with E-state index in [-0.39, 0.29) is 11.8 Å². The number of hydrogen-bond donors (Lipinski definition) is 1. The highest BCUT2D eigenvalue weighted by atomic mass is 32.1. The van der Waals surface area contributed by atoms with Gasteiger partial charge in [-0.05, 0) is 55.5 Å². The minimum atomic E-state index is -0.278. The summed E-state index contributed by atoms with van der Waals surface area (Å²) in [5.41, 5.74) is 2.73. The smallest absolute Gasteiger partial charge is 0.261 e. The number of thiophene rings is 1. The number of ether oxygens (including phenoxy) is 2. The first-order valence-corrected chi connectivity index (χ1v) is 11.2. The number of methoxy groups -OCH3 is 2. The zero-order chi connectivity index (χ0) is 22.7. The van der Waals surface area contributed by atoms with E-state index < -0.39 is 0 Å². The lowest BCUT2D eigenvalue weighted by Crippen LogP contribution is -2.28. The van der Waals surface area contributed by atoms with Gasteiger partial charge in [0.15, 0.2) is 11.5 Å². The average Bonchev–Trinajstić information content (AvgIpc) is 3.20. The molecule has 0 radical (unpaired) electrons. The van der Waals surface area contributed by atoms with E-state index in [1.807, 2.05) is 6.07 Å². The van der Waals surface area contributed by atoms with Gasteiger partial charge in [0.1, 0.15) is 5.00 Å². The van der Waals surface area contributed by atoms with Crippen LogP contribution in [0.5, 0.6) is 11.5 Å². The maximum atomic E-state index is 13.7. The largest absolute Gasteiger partial charge is 0.493 e. The standard InChI is InChI=1S/C24H25N3O4S/c1-27(16-10-11-18(30-2)19(13-16)31-3)24(29)21-17-8-4-5-9-20(17)32-23(21)26-22(28)15-7-6-12-25-14-15/h6-7,10-14H,4-5,8-9H2,1-3H3,(H,26,28). The second-order valence-electron chi connectivity index (χ2n) is 7.51. The summed E-state index contributed by atoms with van der Waals surface area (Å²) in [7, 11) is 4.86. The van der Waals surface area contributed by atoms with Crippen LogP contribution in [0.15, 0.2) is 42.7 Å². The van der Waals surface area contributed by atoms with Gasteiger partial charge in [0.25, 0.3) is 11.8 Å². The molecule has 2 amide bonds. The van der Waals surface area contributed by atoms with E-state index >= 15 is 0 Å². The van der Waals surface area contributed by atoms with Crippen molar-refractivity contribution in [3.63, 3.8) is 0 Å². The lowest BCUT2D eigenvalue weighted by Gasteiger charge is -2.21. The second-order valence-corrected chi connectivity index (χ2v) is 8.62. The first-order valence-electron chi connectivity index (χ1n) is 10.4. The highest BCUT2D eigenvalue weighted by Gasteiger charge is 2.29. The predicted molar refractivity (Wildman–Crippen MR) is 125 cm³/mol. The van der Waals surface area contributed by atoms with E-state index in [4.69, 9.17) is 9.47 Å². The predicted octanol–water partition coefficient (Wildman–Crippen LogP) is 4.57.